The van der Waals surface area contributed by atoms with Crippen LogP contribution in [0.4, 0.5) is 8.78 Å². The average Bonchev–Trinajstić information content (AvgIpc) is 3.29. The molecule has 0 aliphatic carbocycles. The molecule has 0 unspecified atom stereocenters. The third kappa shape index (κ3) is 5.12. The second kappa shape index (κ2) is 9.46. The number of carbonyl (C=O) groups excluding carboxylic acids is 1. The third-order valence-corrected chi connectivity index (χ3v) is 5.28. The zero-order valence-corrected chi connectivity index (χ0v) is 18.1. The highest BCUT2D eigenvalue weighted by atomic mass is 35.5. The number of halogens is 4. The minimum Gasteiger partial charge on any atom is -0.330 e. The van der Waals surface area contributed by atoms with Crippen molar-refractivity contribution in [2.24, 2.45) is 0 Å². The second-order valence-corrected chi connectivity index (χ2v) is 7.87. The van der Waals surface area contributed by atoms with Crippen LogP contribution >= 0.6 is 23.2 Å². The lowest BCUT2D eigenvalue weighted by atomic mass is 10.1. The Bertz CT molecular complexity index is 1230. The lowest BCUT2D eigenvalue weighted by Crippen LogP contribution is -2.30. The molecule has 0 aliphatic heterocycles. The molecule has 2 aromatic heterocycles. The molecular formula is C23H16Cl2F2N4O. The van der Waals surface area contributed by atoms with Crippen molar-refractivity contribution in [2.75, 3.05) is 0 Å². The summed E-state index contributed by atoms with van der Waals surface area (Å²) < 4.78 is 29.1. The zero-order chi connectivity index (χ0) is 22.7. The van der Waals surface area contributed by atoms with E-state index in [9.17, 15) is 13.6 Å². The number of amides is 1. The fourth-order valence-corrected chi connectivity index (χ4v) is 3.65. The Hall–Kier alpha value is -3.29. The van der Waals surface area contributed by atoms with Crippen LogP contribution in [0.2, 0.25) is 10.0 Å². The molecular weight excluding hydrogens is 457 g/mol. The van der Waals surface area contributed by atoms with E-state index in [-0.39, 0.29) is 18.7 Å². The summed E-state index contributed by atoms with van der Waals surface area (Å²) in [5.41, 5.74) is 1.26. The first-order valence-corrected chi connectivity index (χ1v) is 10.3. The van der Waals surface area contributed by atoms with Crippen molar-refractivity contribution in [1.29, 1.82) is 0 Å². The first kappa shape index (κ1) is 21.9. The summed E-state index contributed by atoms with van der Waals surface area (Å²) >= 11 is 12.3. The van der Waals surface area contributed by atoms with Gasteiger partial charge < -0.3 is 4.90 Å². The molecule has 0 saturated carbocycles. The quantitative estimate of drug-likeness (QED) is 0.361. The predicted octanol–water partition coefficient (Wildman–Crippen LogP) is 5.69. The highest BCUT2D eigenvalue weighted by molar-refractivity contribution is 6.35. The molecule has 0 spiro atoms. The van der Waals surface area contributed by atoms with Crippen LogP contribution in [0.15, 0.2) is 73.2 Å². The zero-order valence-electron chi connectivity index (χ0n) is 16.6. The Balaban J connectivity index is 1.64. The normalized spacial score (nSPS) is 10.9. The Kier molecular flexibility index (Phi) is 6.48. The molecule has 1 amide bonds. The van der Waals surface area contributed by atoms with Gasteiger partial charge in [0.05, 0.1) is 0 Å². The lowest BCUT2D eigenvalue weighted by molar-refractivity contribution is 0.0729. The van der Waals surface area contributed by atoms with Crippen LogP contribution in [0.1, 0.15) is 21.5 Å². The molecule has 0 saturated heterocycles. The Labute approximate surface area is 192 Å². The molecule has 0 bridgehead atoms. The van der Waals surface area contributed by atoms with Gasteiger partial charge in [-0.15, -0.1) is 0 Å². The van der Waals surface area contributed by atoms with Gasteiger partial charge in [-0.2, -0.15) is 5.10 Å². The summed E-state index contributed by atoms with van der Waals surface area (Å²) in [6.45, 7) is 0.246. The van der Waals surface area contributed by atoms with Crippen molar-refractivity contribution in [3.05, 3.63) is 112 Å². The molecule has 4 aromatic rings. The monoisotopic (exact) mass is 472 g/mol. The Morgan fingerprint density at radius 2 is 1.78 bits per heavy atom. The van der Waals surface area contributed by atoms with Gasteiger partial charge in [-0.1, -0.05) is 35.3 Å². The van der Waals surface area contributed by atoms with Crippen molar-refractivity contribution in [1.82, 2.24) is 19.7 Å². The molecule has 0 radical (unpaired) electrons. The van der Waals surface area contributed by atoms with Gasteiger partial charge in [0.15, 0.2) is 5.82 Å². The largest absolute Gasteiger partial charge is 0.330 e. The van der Waals surface area contributed by atoms with E-state index < -0.39 is 17.5 Å². The van der Waals surface area contributed by atoms with Gasteiger partial charge in [-0.3, -0.25) is 4.79 Å². The molecule has 0 N–H and O–H groups in total. The number of nitrogens with zero attached hydrogens (tertiary/aromatic N) is 4. The van der Waals surface area contributed by atoms with E-state index in [0.717, 1.165) is 23.8 Å². The van der Waals surface area contributed by atoms with Crippen LogP contribution in [-0.4, -0.2) is 25.6 Å². The maximum atomic E-state index is 13.7. The maximum Gasteiger partial charge on any atom is 0.254 e. The number of aromatic nitrogens is 3. The van der Waals surface area contributed by atoms with Crippen LogP contribution in [0.5, 0.6) is 0 Å². The molecule has 32 heavy (non-hydrogen) atoms. The Morgan fingerprint density at radius 3 is 2.41 bits per heavy atom. The van der Waals surface area contributed by atoms with Crippen molar-refractivity contribution in [3.8, 4) is 5.82 Å². The first-order valence-electron chi connectivity index (χ1n) is 9.53. The summed E-state index contributed by atoms with van der Waals surface area (Å²) in [4.78, 5) is 19.0. The average molecular weight is 473 g/mol. The van der Waals surface area contributed by atoms with Gasteiger partial charge in [-0.25, -0.2) is 18.4 Å². The van der Waals surface area contributed by atoms with Crippen molar-refractivity contribution < 1.29 is 13.6 Å². The smallest absolute Gasteiger partial charge is 0.254 e. The molecule has 9 heteroatoms. The number of pyridine rings is 1. The topological polar surface area (TPSA) is 51.0 Å². The van der Waals surface area contributed by atoms with Crippen LogP contribution in [0, 0.1) is 11.6 Å². The number of hydrogen-bond donors (Lipinski definition) is 0. The highest BCUT2D eigenvalue weighted by Gasteiger charge is 2.20. The summed E-state index contributed by atoms with van der Waals surface area (Å²) in [6.07, 6.45) is 5.02. The van der Waals surface area contributed by atoms with Gasteiger partial charge in [0.25, 0.3) is 5.91 Å². The first-order chi connectivity index (χ1) is 15.4. The predicted molar refractivity (Wildman–Crippen MR) is 118 cm³/mol. The van der Waals surface area contributed by atoms with Crippen LogP contribution in [-0.2, 0) is 13.1 Å². The van der Waals surface area contributed by atoms with E-state index in [2.05, 4.69) is 10.1 Å². The lowest BCUT2D eigenvalue weighted by Gasteiger charge is -2.24. The van der Waals surface area contributed by atoms with Crippen LogP contribution < -0.4 is 0 Å². The van der Waals surface area contributed by atoms with Gasteiger partial charge >= 0.3 is 0 Å². The summed E-state index contributed by atoms with van der Waals surface area (Å²) in [6, 6.07) is 13.0. The van der Waals surface area contributed by atoms with Crippen LogP contribution in [0.25, 0.3) is 5.82 Å². The number of carbonyl (C=O) groups is 1. The van der Waals surface area contributed by atoms with E-state index in [1.807, 2.05) is 0 Å². The molecule has 0 atom stereocenters. The third-order valence-electron chi connectivity index (χ3n) is 4.69. The standard InChI is InChI=1S/C23H16Cl2F2N4O/c24-18-4-3-16(21(25)10-18)14-30(23(32)17-8-19(26)11-20(27)9-17)13-15-2-5-22(28-12-15)31-7-1-6-29-31/h1-12H,13-14H2. The summed E-state index contributed by atoms with van der Waals surface area (Å²) in [7, 11) is 0. The van der Waals surface area contributed by atoms with Gasteiger partial charge in [0, 0.05) is 53.4 Å². The van der Waals surface area contributed by atoms with E-state index in [0.29, 0.717) is 21.4 Å². The fourth-order valence-electron chi connectivity index (χ4n) is 3.19. The van der Waals surface area contributed by atoms with Crippen molar-refractivity contribution in [3.63, 3.8) is 0 Å². The maximum absolute atomic E-state index is 13.7. The van der Waals surface area contributed by atoms with Crippen molar-refractivity contribution >= 4 is 29.1 Å². The minimum absolute atomic E-state index is 0.103. The number of hydrogen-bond acceptors (Lipinski definition) is 3. The molecule has 2 aromatic carbocycles. The van der Waals surface area contributed by atoms with Crippen LogP contribution in [0.3, 0.4) is 0 Å². The number of rotatable bonds is 6. The van der Waals surface area contributed by atoms with Crippen molar-refractivity contribution in [2.45, 2.75) is 13.1 Å². The van der Waals surface area contributed by atoms with E-state index in [4.69, 9.17) is 23.2 Å². The number of benzene rings is 2. The minimum atomic E-state index is -0.830. The van der Waals surface area contributed by atoms with E-state index in [1.165, 1.54) is 4.90 Å². The SMILES string of the molecule is O=C(c1cc(F)cc(F)c1)N(Cc1ccc(-n2cccn2)nc1)Cc1ccc(Cl)cc1Cl. The summed E-state index contributed by atoms with van der Waals surface area (Å²) in [5, 5.41) is 4.97. The summed E-state index contributed by atoms with van der Waals surface area (Å²) in [5.74, 6) is -1.60. The van der Waals surface area contributed by atoms with E-state index in [1.54, 1.807) is 59.7 Å². The van der Waals surface area contributed by atoms with Gasteiger partial charge in [-0.05, 0) is 47.5 Å². The molecule has 5 nitrogen and oxygen atoms in total. The molecule has 0 aliphatic rings. The van der Waals surface area contributed by atoms with Gasteiger partial charge in [0.2, 0.25) is 0 Å². The second-order valence-electron chi connectivity index (χ2n) is 7.03. The molecule has 2 heterocycles. The Morgan fingerprint density at radius 1 is 1.00 bits per heavy atom. The molecule has 162 valence electrons. The fraction of sp³-hybridized carbons (Fsp3) is 0.0870. The molecule has 4 rings (SSSR count). The molecule has 0 fully saturated rings. The van der Waals surface area contributed by atoms with Gasteiger partial charge in [0.1, 0.15) is 11.6 Å². The highest BCUT2D eigenvalue weighted by Crippen LogP contribution is 2.24. The van der Waals surface area contributed by atoms with E-state index >= 15 is 0 Å².